The normalized spacial score (nSPS) is 12.4. The Morgan fingerprint density at radius 1 is 0.892 bits per heavy atom. The first-order valence-corrected chi connectivity index (χ1v) is 11.3. The fourth-order valence-corrected chi connectivity index (χ4v) is 4.42. The van der Waals surface area contributed by atoms with E-state index in [1.807, 2.05) is 24.3 Å². The number of nitrogens with zero attached hydrogens (tertiary/aromatic N) is 1. The number of amides is 2. The van der Waals surface area contributed by atoms with Crippen molar-refractivity contribution in [2.24, 2.45) is 0 Å². The maximum Gasteiger partial charge on any atom is 0.416 e. The first-order chi connectivity index (χ1) is 17.7. The van der Waals surface area contributed by atoms with Gasteiger partial charge in [-0.3, -0.25) is 9.59 Å². The zero-order valence-corrected chi connectivity index (χ0v) is 19.2. The molecular formula is C29H18F3N3O2. The van der Waals surface area contributed by atoms with E-state index in [4.69, 9.17) is 0 Å². The number of alkyl halides is 3. The number of hydrogen-bond donors (Lipinski definition) is 2. The Morgan fingerprint density at radius 3 is 2.35 bits per heavy atom. The Labute approximate surface area is 210 Å². The third kappa shape index (κ3) is 4.67. The summed E-state index contributed by atoms with van der Waals surface area (Å²) in [5.74, 6) is -0.888. The highest BCUT2D eigenvalue weighted by molar-refractivity contribution is 6.07. The predicted molar refractivity (Wildman–Crippen MR) is 133 cm³/mol. The molecule has 4 aromatic rings. The third-order valence-electron chi connectivity index (χ3n) is 6.15. The molecule has 0 atom stereocenters. The predicted octanol–water partition coefficient (Wildman–Crippen LogP) is 6.41. The number of anilines is 1. The SMILES string of the molecule is N#Cc1cccc(-c2ccc(-c3cccc(NC(=O)c4cccc(C(F)(F)F)c4)c3)c3c2C(=O)NC3)c1. The van der Waals surface area contributed by atoms with Gasteiger partial charge in [0.25, 0.3) is 11.8 Å². The van der Waals surface area contributed by atoms with Gasteiger partial charge in [-0.15, -0.1) is 0 Å². The first-order valence-electron chi connectivity index (χ1n) is 11.3. The number of nitriles is 1. The van der Waals surface area contributed by atoms with Crippen LogP contribution in [0, 0.1) is 11.3 Å². The molecule has 0 saturated heterocycles. The lowest BCUT2D eigenvalue weighted by atomic mass is 9.90. The molecule has 1 aliphatic rings. The van der Waals surface area contributed by atoms with Crippen LogP contribution in [0.2, 0.25) is 0 Å². The average Bonchev–Trinajstić information content (AvgIpc) is 3.29. The molecule has 0 aromatic heterocycles. The molecule has 0 saturated carbocycles. The number of halogens is 3. The number of hydrogen-bond acceptors (Lipinski definition) is 3. The Morgan fingerprint density at radius 2 is 1.59 bits per heavy atom. The van der Waals surface area contributed by atoms with Gasteiger partial charge in [0.15, 0.2) is 0 Å². The lowest BCUT2D eigenvalue weighted by Crippen LogP contribution is -2.14. The van der Waals surface area contributed by atoms with E-state index >= 15 is 0 Å². The standard InChI is InChI=1S/C29H18F3N3O2/c30-29(31,32)21-8-2-7-20(13-21)27(36)35-22-9-3-6-19(14-22)23-10-11-24(26-25(23)16-34-28(26)37)18-5-1-4-17(12-18)15-33/h1-14H,16H2,(H,34,37)(H,35,36). The van der Waals surface area contributed by atoms with Gasteiger partial charge in [-0.25, -0.2) is 0 Å². The smallest absolute Gasteiger partial charge is 0.348 e. The summed E-state index contributed by atoms with van der Waals surface area (Å²) in [6.07, 6.45) is -4.55. The molecule has 5 rings (SSSR count). The molecule has 1 heterocycles. The minimum absolute atomic E-state index is 0.111. The van der Waals surface area contributed by atoms with Gasteiger partial charge >= 0.3 is 6.18 Å². The molecule has 0 spiro atoms. The van der Waals surface area contributed by atoms with Crippen LogP contribution in [0.25, 0.3) is 22.3 Å². The van der Waals surface area contributed by atoms with Crippen LogP contribution in [0.5, 0.6) is 0 Å². The summed E-state index contributed by atoms with van der Waals surface area (Å²) >= 11 is 0. The molecule has 0 fully saturated rings. The highest BCUT2D eigenvalue weighted by atomic mass is 19.4. The van der Waals surface area contributed by atoms with E-state index in [1.165, 1.54) is 12.1 Å². The maximum atomic E-state index is 13.0. The van der Waals surface area contributed by atoms with Gasteiger partial charge in [0.05, 0.1) is 22.8 Å². The highest BCUT2D eigenvalue weighted by Crippen LogP contribution is 2.37. The third-order valence-corrected chi connectivity index (χ3v) is 6.15. The van der Waals surface area contributed by atoms with Crippen molar-refractivity contribution in [2.75, 3.05) is 5.32 Å². The Bertz CT molecular complexity index is 1600. The number of carbonyl (C=O) groups excluding carboxylic acids is 2. The number of rotatable bonds is 4. The van der Waals surface area contributed by atoms with E-state index in [-0.39, 0.29) is 11.5 Å². The molecule has 0 unspecified atom stereocenters. The lowest BCUT2D eigenvalue weighted by Gasteiger charge is -2.14. The Balaban J connectivity index is 1.48. The van der Waals surface area contributed by atoms with Crippen LogP contribution in [0.3, 0.4) is 0 Å². The quantitative estimate of drug-likeness (QED) is 0.342. The second-order valence-corrected chi connectivity index (χ2v) is 8.50. The highest BCUT2D eigenvalue weighted by Gasteiger charge is 2.31. The zero-order chi connectivity index (χ0) is 26.2. The second kappa shape index (κ2) is 9.28. The number of benzene rings is 4. The molecule has 2 amide bonds. The number of carbonyl (C=O) groups is 2. The molecule has 0 radical (unpaired) electrons. The van der Waals surface area contributed by atoms with Crippen molar-refractivity contribution in [1.82, 2.24) is 5.32 Å². The van der Waals surface area contributed by atoms with E-state index in [0.717, 1.165) is 34.4 Å². The van der Waals surface area contributed by atoms with Crippen LogP contribution < -0.4 is 10.6 Å². The van der Waals surface area contributed by atoms with E-state index in [9.17, 15) is 28.0 Å². The van der Waals surface area contributed by atoms with Crippen molar-refractivity contribution < 1.29 is 22.8 Å². The summed E-state index contributed by atoms with van der Waals surface area (Å²) in [7, 11) is 0. The number of fused-ring (bicyclic) bond motifs is 1. The van der Waals surface area contributed by atoms with Gasteiger partial charge in [-0.2, -0.15) is 18.4 Å². The second-order valence-electron chi connectivity index (χ2n) is 8.50. The van der Waals surface area contributed by atoms with Crippen molar-refractivity contribution in [3.8, 4) is 28.3 Å². The molecule has 0 aliphatic carbocycles. The molecule has 0 bridgehead atoms. The minimum Gasteiger partial charge on any atom is -0.348 e. The molecule has 182 valence electrons. The van der Waals surface area contributed by atoms with Gasteiger partial charge in [-0.1, -0.05) is 42.5 Å². The van der Waals surface area contributed by atoms with Crippen molar-refractivity contribution in [3.05, 3.63) is 113 Å². The fraction of sp³-hybridized carbons (Fsp3) is 0.0690. The summed E-state index contributed by atoms with van der Waals surface area (Å²) in [5, 5.41) is 14.8. The van der Waals surface area contributed by atoms with Crippen LogP contribution in [0.1, 0.15) is 37.4 Å². The molecule has 4 aromatic carbocycles. The summed E-state index contributed by atoms with van der Waals surface area (Å²) < 4.78 is 39.1. The van der Waals surface area contributed by atoms with Gasteiger partial charge < -0.3 is 10.6 Å². The summed E-state index contributed by atoms with van der Waals surface area (Å²) in [6.45, 7) is 0.316. The molecule has 2 N–H and O–H groups in total. The van der Waals surface area contributed by atoms with Gasteiger partial charge in [0.2, 0.25) is 0 Å². The van der Waals surface area contributed by atoms with Crippen LogP contribution in [-0.2, 0) is 12.7 Å². The van der Waals surface area contributed by atoms with Gasteiger partial charge in [-0.05, 0) is 70.3 Å². The summed E-state index contributed by atoms with van der Waals surface area (Å²) in [6, 6.07) is 23.9. The van der Waals surface area contributed by atoms with Crippen molar-refractivity contribution in [2.45, 2.75) is 12.7 Å². The molecule has 8 heteroatoms. The van der Waals surface area contributed by atoms with Gasteiger partial charge in [0, 0.05) is 17.8 Å². The van der Waals surface area contributed by atoms with E-state index < -0.39 is 17.6 Å². The minimum atomic E-state index is -4.55. The zero-order valence-electron chi connectivity index (χ0n) is 19.2. The van der Waals surface area contributed by atoms with Crippen LogP contribution in [0.15, 0.2) is 84.9 Å². The Kier molecular flexibility index (Phi) is 5.98. The largest absolute Gasteiger partial charge is 0.416 e. The number of nitrogens with one attached hydrogen (secondary N) is 2. The lowest BCUT2D eigenvalue weighted by molar-refractivity contribution is -0.137. The fourth-order valence-electron chi connectivity index (χ4n) is 4.42. The average molecular weight is 497 g/mol. The molecule has 5 nitrogen and oxygen atoms in total. The van der Waals surface area contributed by atoms with E-state index in [0.29, 0.717) is 28.9 Å². The van der Waals surface area contributed by atoms with E-state index in [2.05, 4.69) is 16.7 Å². The summed E-state index contributed by atoms with van der Waals surface area (Å²) in [5.41, 5.74) is 4.14. The Hall–Kier alpha value is -4.90. The maximum absolute atomic E-state index is 13.0. The molecule has 37 heavy (non-hydrogen) atoms. The van der Waals surface area contributed by atoms with E-state index in [1.54, 1.807) is 36.4 Å². The van der Waals surface area contributed by atoms with Crippen molar-refractivity contribution in [1.29, 1.82) is 5.26 Å². The van der Waals surface area contributed by atoms with Crippen LogP contribution in [-0.4, -0.2) is 11.8 Å². The van der Waals surface area contributed by atoms with Crippen molar-refractivity contribution in [3.63, 3.8) is 0 Å². The van der Waals surface area contributed by atoms with Crippen molar-refractivity contribution >= 4 is 17.5 Å². The van der Waals surface area contributed by atoms with Crippen LogP contribution in [0.4, 0.5) is 18.9 Å². The summed E-state index contributed by atoms with van der Waals surface area (Å²) in [4.78, 5) is 25.4. The molecular weight excluding hydrogens is 479 g/mol. The van der Waals surface area contributed by atoms with Crippen LogP contribution >= 0.6 is 0 Å². The molecule has 1 aliphatic heterocycles. The topological polar surface area (TPSA) is 82.0 Å². The first kappa shape index (κ1) is 23.8. The van der Waals surface area contributed by atoms with Gasteiger partial charge in [0.1, 0.15) is 0 Å². The monoisotopic (exact) mass is 497 g/mol.